The van der Waals surface area contributed by atoms with Crippen LogP contribution in [0.4, 0.5) is 11.4 Å². The molecule has 0 fully saturated rings. The highest BCUT2D eigenvalue weighted by molar-refractivity contribution is 5.96. The number of aromatic amines is 1. The van der Waals surface area contributed by atoms with Crippen molar-refractivity contribution in [3.8, 4) is 0 Å². The molecule has 1 aromatic heterocycles. The van der Waals surface area contributed by atoms with Crippen molar-refractivity contribution in [2.24, 2.45) is 0 Å². The number of anilines is 1. The zero-order valence-corrected chi connectivity index (χ0v) is 12.5. The molecule has 0 aliphatic carbocycles. The van der Waals surface area contributed by atoms with E-state index in [2.05, 4.69) is 10.3 Å². The van der Waals surface area contributed by atoms with Crippen LogP contribution in [0.3, 0.4) is 0 Å². The van der Waals surface area contributed by atoms with Crippen molar-refractivity contribution in [2.45, 2.75) is 13.3 Å². The zero-order valence-electron chi connectivity index (χ0n) is 12.5. The molecule has 2 aromatic carbocycles. The number of rotatable bonds is 4. The van der Waals surface area contributed by atoms with Gasteiger partial charge in [-0.1, -0.05) is 24.3 Å². The predicted molar refractivity (Wildman–Crippen MR) is 88.5 cm³/mol. The minimum Gasteiger partial charge on any atom is -0.361 e. The van der Waals surface area contributed by atoms with Crippen LogP contribution >= 0.6 is 0 Å². The minimum absolute atomic E-state index is 0.0435. The van der Waals surface area contributed by atoms with E-state index in [0.717, 1.165) is 22.0 Å². The number of hydrogen-bond donors (Lipinski definition) is 2. The molecule has 0 saturated carbocycles. The van der Waals surface area contributed by atoms with Crippen LogP contribution in [0, 0.1) is 17.0 Å². The van der Waals surface area contributed by atoms with Crippen molar-refractivity contribution in [1.29, 1.82) is 0 Å². The number of nitro groups is 1. The Morgan fingerprint density at radius 2 is 2.04 bits per heavy atom. The number of carbonyl (C=O) groups excluding carboxylic acids is 1. The predicted octanol–water partition coefficient (Wildman–Crippen LogP) is 3.57. The van der Waals surface area contributed by atoms with Crippen LogP contribution in [0.5, 0.6) is 0 Å². The molecule has 0 unspecified atom stereocenters. The van der Waals surface area contributed by atoms with Crippen molar-refractivity contribution < 1.29 is 9.72 Å². The van der Waals surface area contributed by atoms with Crippen LogP contribution in [-0.4, -0.2) is 15.8 Å². The quantitative estimate of drug-likeness (QED) is 0.570. The summed E-state index contributed by atoms with van der Waals surface area (Å²) in [5, 5.41) is 14.6. The topological polar surface area (TPSA) is 88.0 Å². The summed E-state index contributed by atoms with van der Waals surface area (Å²) in [6.07, 6.45) is 2.01. The lowest BCUT2D eigenvalue weighted by Crippen LogP contribution is -2.15. The van der Waals surface area contributed by atoms with Crippen molar-refractivity contribution in [1.82, 2.24) is 4.98 Å². The standard InChI is InChI=1S/C17H15N3O3/c1-11-6-7-13(20(22)23)9-16(11)19-17(21)8-12-10-18-15-5-3-2-4-14(12)15/h2-7,9-10,18H,8H2,1H3,(H,19,21). The van der Waals surface area contributed by atoms with Crippen LogP contribution < -0.4 is 5.32 Å². The smallest absolute Gasteiger partial charge is 0.271 e. The van der Waals surface area contributed by atoms with E-state index >= 15 is 0 Å². The second-order valence-corrected chi connectivity index (χ2v) is 5.34. The largest absolute Gasteiger partial charge is 0.361 e. The molecule has 6 heteroatoms. The second kappa shape index (κ2) is 5.92. The summed E-state index contributed by atoms with van der Waals surface area (Å²) >= 11 is 0. The molecular formula is C17H15N3O3. The molecule has 0 atom stereocenters. The number of non-ortho nitro benzene ring substituents is 1. The summed E-state index contributed by atoms with van der Waals surface area (Å²) in [5.74, 6) is -0.210. The highest BCUT2D eigenvalue weighted by Crippen LogP contribution is 2.23. The van der Waals surface area contributed by atoms with Gasteiger partial charge in [0, 0.05) is 29.2 Å². The first-order valence-corrected chi connectivity index (χ1v) is 7.14. The fourth-order valence-corrected chi connectivity index (χ4v) is 2.50. The fourth-order valence-electron chi connectivity index (χ4n) is 2.50. The highest BCUT2D eigenvalue weighted by Gasteiger charge is 2.13. The van der Waals surface area contributed by atoms with Gasteiger partial charge in [-0.25, -0.2) is 0 Å². The van der Waals surface area contributed by atoms with E-state index in [4.69, 9.17) is 0 Å². The molecule has 3 rings (SSSR count). The van der Waals surface area contributed by atoms with Crippen LogP contribution in [-0.2, 0) is 11.2 Å². The third kappa shape index (κ3) is 3.06. The Bertz CT molecular complexity index is 899. The molecule has 0 saturated heterocycles. The highest BCUT2D eigenvalue weighted by atomic mass is 16.6. The molecular weight excluding hydrogens is 294 g/mol. The third-order valence-corrected chi connectivity index (χ3v) is 3.73. The summed E-state index contributed by atoms with van der Waals surface area (Å²) in [6.45, 7) is 1.80. The molecule has 6 nitrogen and oxygen atoms in total. The number of H-pyrrole nitrogens is 1. The van der Waals surface area contributed by atoms with Gasteiger partial charge in [0.05, 0.1) is 17.0 Å². The van der Waals surface area contributed by atoms with E-state index in [0.29, 0.717) is 5.69 Å². The van der Waals surface area contributed by atoms with Gasteiger partial charge in [-0.05, 0) is 24.1 Å². The molecule has 2 N–H and O–H groups in total. The fraction of sp³-hybridized carbons (Fsp3) is 0.118. The molecule has 0 radical (unpaired) electrons. The maximum Gasteiger partial charge on any atom is 0.271 e. The van der Waals surface area contributed by atoms with Crippen LogP contribution in [0.15, 0.2) is 48.7 Å². The number of benzene rings is 2. The lowest BCUT2D eigenvalue weighted by atomic mass is 10.1. The Hall–Kier alpha value is -3.15. The van der Waals surface area contributed by atoms with Crippen LogP contribution in [0.25, 0.3) is 10.9 Å². The van der Waals surface area contributed by atoms with Gasteiger partial charge in [0.25, 0.3) is 5.69 Å². The number of hydrogen-bond acceptors (Lipinski definition) is 3. The van der Waals surface area contributed by atoms with Gasteiger partial charge in [0.15, 0.2) is 0 Å². The van der Waals surface area contributed by atoms with Gasteiger partial charge < -0.3 is 10.3 Å². The number of aryl methyl sites for hydroxylation is 1. The molecule has 0 spiro atoms. The van der Waals surface area contributed by atoms with Crippen molar-refractivity contribution in [3.05, 3.63) is 69.9 Å². The van der Waals surface area contributed by atoms with Gasteiger partial charge >= 0.3 is 0 Å². The second-order valence-electron chi connectivity index (χ2n) is 5.34. The lowest BCUT2D eigenvalue weighted by molar-refractivity contribution is -0.384. The summed E-state index contributed by atoms with van der Waals surface area (Å²) in [6, 6.07) is 12.2. The van der Waals surface area contributed by atoms with Gasteiger partial charge in [-0.2, -0.15) is 0 Å². The Labute approximate surface area is 132 Å². The van der Waals surface area contributed by atoms with E-state index in [1.807, 2.05) is 30.5 Å². The number of carbonyl (C=O) groups is 1. The zero-order chi connectivity index (χ0) is 16.4. The molecule has 116 valence electrons. The summed E-state index contributed by atoms with van der Waals surface area (Å²) in [4.78, 5) is 25.7. The van der Waals surface area contributed by atoms with Gasteiger partial charge in [0.2, 0.25) is 5.91 Å². The minimum atomic E-state index is -0.477. The monoisotopic (exact) mass is 309 g/mol. The number of nitro benzene ring substituents is 1. The maximum absolute atomic E-state index is 12.3. The van der Waals surface area contributed by atoms with E-state index in [1.165, 1.54) is 12.1 Å². The van der Waals surface area contributed by atoms with E-state index in [9.17, 15) is 14.9 Å². The van der Waals surface area contributed by atoms with E-state index < -0.39 is 4.92 Å². The maximum atomic E-state index is 12.3. The number of fused-ring (bicyclic) bond motifs is 1. The average molecular weight is 309 g/mol. The molecule has 1 heterocycles. The average Bonchev–Trinajstić information content (AvgIpc) is 2.92. The normalized spacial score (nSPS) is 10.7. The number of aromatic nitrogens is 1. The number of nitrogens with zero attached hydrogens (tertiary/aromatic N) is 1. The van der Waals surface area contributed by atoms with Crippen LogP contribution in [0.1, 0.15) is 11.1 Å². The molecule has 23 heavy (non-hydrogen) atoms. The Kier molecular flexibility index (Phi) is 3.80. The van der Waals surface area contributed by atoms with Gasteiger partial charge in [0.1, 0.15) is 0 Å². The molecule has 3 aromatic rings. The summed E-state index contributed by atoms with van der Waals surface area (Å²) in [5.41, 5.74) is 3.06. The van der Waals surface area contributed by atoms with Crippen LogP contribution in [0.2, 0.25) is 0 Å². The third-order valence-electron chi connectivity index (χ3n) is 3.73. The Morgan fingerprint density at radius 3 is 2.83 bits per heavy atom. The first-order valence-electron chi connectivity index (χ1n) is 7.14. The summed E-state index contributed by atoms with van der Waals surface area (Å²) < 4.78 is 0. The summed E-state index contributed by atoms with van der Waals surface area (Å²) in [7, 11) is 0. The number of amides is 1. The van der Waals surface area contributed by atoms with Crippen molar-refractivity contribution in [2.75, 3.05) is 5.32 Å². The Balaban J connectivity index is 1.80. The number of nitrogens with one attached hydrogen (secondary N) is 2. The molecule has 0 bridgehead atoms. The molecule has 0 aliphatic heterocycles. The van der Waals surface area contributed by atoms with Crippen molar-refractivity contribution >= 4 is 28.2 Å². The van der Waals surface area contributed by atoms with Gasteiger partial charge in [-0.3, -0.25) is 14.9 Å². The van der Waals surface area contributed by atoms with Gasteiger partial charge in [-0.15, -0.1) is 0 Å². The SMILES string of the molecule is Cc1ccc([N+](=O)[O-])cc1NC(=O)Cc1c[nH]c2ccccc12. The first-order chi connectivity index (χ1) is 11.0. The van der Waals surface area contributed by atoms with E-state index in [-0.39, 0.29) is 18.0 Å². The number of para-hydroxylation sites is 1. The van der Waals surface area contributed by atoms with E-state index in [1.54, 1.807) is 13.0 Å². The molecule has 0 aliphatic rings. The van der Waals surface area contributed by atoms with Crippen molar-refractivity contribution in [3.63, 3.8) is 0 Å². The first kappa shape index (κ1) is 14.8. The molecule has 1 amide bonds. The lowest BCUT2D eigenvalue weighted by Gasteiger charge is -2.08. The Morgan fingerprint density at radius 1 is 1.26 bits per heavy atom.